The van der Waals surface area contributed by atoms with E-state index in [1.807, 2.05) is 0 Å². The first-order chi connectivity index (χ1) is 14.0. The number of carbonyl (C=O) groups excluding carboxylic acids is 1. The predicted molar refractivity (Wildman–Crippen MR) is 98.1 cm³/mol. The van der Waals surface area contributed by atoms with Gasteiger partial charge in [0.1, 0.15) is 0 Å². The molecule has 152 valence electrons. The van der Waals surface area contributed by atoms with Gasteiger partial charge in [-0.15, -0.1) is 10.2 Å². The highest BCUT2D eigenvalue weighted by atomic mass is 35.5. The number of carbonyl (C=O) groups is 1. The number of hydrogen-bond donors (Lipinski definition) is 0. The second kappa shape index (κ2) is 9.33. The molecule has 0 atom stereocenters. The van der Waals surface area contributed by atoms with Crippen molar-refractivity contribution < 1.29 is 32.2 Å². The normalized spacial score (nSPS) is 10.8. The fourth-order valence-corrected chi connectivity index (χ4v) is 2.45. The van der Waals surface area contributed by atoms with Crippen molar-refractivity contribution in [2.45, 2.75) is 20.1 Å². The Morgan fingerprint density at radius 1 is 1.14 bits per heavy atom. The van der Waals surface area contributed by atoms with Gasteiger partial charge in [0.15, 0.2) is 18.1 Å². The molecule has 0 N–H and O–H groups in total. The Hall–Kier alpha value is -3.20. The Morgan fingerprint density at radius 2 is 1.90 bits per heavy atom. The molecule has 0 bridgehead atoms. The minimum absolute atomic E-state index is 0.00469. The van der Waals surface area contributed by atoms with Gasteiger partial charge in [0.25, 0.3) is 5.89 Å². The van der Waals surface area contributed by atoms with Gasteiger partial charge >= 0.3 is 12.6 Å². The quantitative estimate of drug-likeness (QED) is 0.482. The zero-order chi connectivity index (χ0) is 20.8. The number of halogens is 3. The average molecular weight is 425 g/mol. The van der Waals surface area contributed by atoms with Crippen LogP contribution in [0.25, 0.3) is 11.5 Å². The summed E-state index contributed by atoms with van der Waals surface area (Å²) in [5.74, 6) is -0.556. The summed E-state index contributed by atoms with van der Waals surface area (Å²) in [5, 5.41) is 8.27. The summed E-state index contributed by atoms with van der Waals surface area (Å²) in [6.07, 6.45) is 0. The zero-order valence-electron chi connectivity index (χ0n) is 15.1. The second-order valence-corrected chi connectivity index (χ2v) is 5.99. The Balaban J connectivity index is 1.66. The molecule has 1 heterocycles. The minimum atomic E-state index is -3.01. The van der Waals surface area contributed by atoms with E-state index in [0.717, 1.165) is 0 Å². The van der Waals surface area contributed by atoms with Crippen LogP contribution in [0.3, 0.4) is 0 Å². The summed E-state index contributed by atoms with van der Waals surface area (Å²) in [4.78, 5) is 12.3. The van der Waals surface area contributed by atoms with E-state index in [1.54, 1.807) is 31.2 Å². The van der Waals surface area contributed by atoms with E-state index in [4.69, 9.17) is 25.5 Å². The van der Waals surface area contributed by atoms with E-state index < -0.39 is 12.6 Å². The highest BCUT2D eigenvalue weighted by molar-refractivity contribution is 6.30. The highest BCUT2D eigenvalue weighted by Crippen LogP contribution is 2.30. The molecule has 0 unspecified atom stereocenters. The molecule has 3 rings (SSSR count). The van der Waals surface area contributed by atoms with Crippen molar-refractivity contribution in [1.29, 1.82) is 0 Å². The van der Waals surface area contributed by atoms with E-state index in [0.29, 0.717) is 10.6 Å². The number of ether oxygens (including phenoxy) is 3. The van der Waals surface area contributed by atoms with Crippen molar-refractivity contribution >= 4 is 17.6 Å². The molecular weight excluding hydrogens is 410 g/mol. The van der Waals surface area contributed by atoms with Crippen molar-refractivity contribution in [3.05, 3.63) is 58.9 Å². The van der Waals surface area contributed by atoms with Crippen molar-refractivity contribution in [2.75, 3.05) is 6.61 Å². The van der Waals surface area contributed by atoms with Crippen LogP contribution in [-0.4, -0.2) is 29.4 Å². The van der Waals surface area contributed by atoms with Crippen LogP contribution in [0.15, 0.2) is 46.9 Å². The first-order valence-electron chi connectivity index (χ1n) is 8.43. The van der Waals surface area contributed by atoms with Gasteiger partial charge in [0.2, 0.25) is 5.89 Å². The smallest absolute Gasteiger partial charge is 0.387 e. The molecule has 0 aliphatic carbocycles. The van der Waals surface area contributed by atoms with Gasteiger partial charge in [0, 0.05) is 10.6 Å². The van der Waals surface area contributed by atoms with Crippen LogP contribution in [0.1, 0.15) is 23.2 Å². The molecule has 7 nitrogen and oxygen atoms in total. The van der Waals surface area contributed by atoms with Gasteiger partial charge in [0.05, 0.1) is 12.2 Å². The molecule has 0 aliphatic rings. The summed E-state index contributed by atoms with van der Waals surface area (Å²) in [5.41, 5.74) is 0.753. The standard InChI is InChI=1S/C19H15ClF2N2O5/c1-2-26-15-9-12(5-8-14(15)28-19(21)22)18(25)27-10-16-23-24-17(29-16)11-3-6-13(20)7-4-11/h3-9,19H,2,10H2,1H3. The molecule has 0 radical (unpaired) electrons. The maximum absolute atomic E-state index is 12.5. The molecule has 3 aromatic rings. The van der Waals surface area contributed by atoms with Crippen LogP contribution >= 0.6 is 11.6 Å². The molecule has 0 fully saturated rings. The summed E-state index contributed by atoms with van der Waals surface area (Å²) in [6, 6.07) is 10.5. The second-order valence-electron chi connectivity index (χ2n) is 5.56. The van der Waals surface area contributed by atoms with Crippen molar-refractivity contribution in [3.8, 4) is 23.0 Å². The molecule has 0 saturated carbocycles. The van der Waals surface area contributed by atoms with Crippen molar-refractivity contribution in [2.24, 2.45) is 0 Å². The van der Waals surface area contributed by atoms with Crippen LogP contribution in [-0.2, 0) is 11.3 Å². The van der Waals surface area contributed by atoms with E-state index in [2.05, 4.69) is 14.9 Å². The fraction of sp³-hybridized carbons (Fsp3) is 0.211. The van der Waals surface area contributed by atoms with E-state index >= 15 is 0 Å². The van der Waals surface area contributed by atoms with Gasteiger partial charge in [-0.3, -0.25) is 0 Å². The lowest BCUT2D eigenvalue weighted by atomic mass is 10.2. The molecule has 10 heteroatoms. The summed E-state index contributed by atoms with van der Waals surface area (Å²) < 4.78 is 45.1. The van der Waals surface area contributed by atoms with Crippen LogP contribution in [0, 0.1) is 0 Å². The maximum Gasteiger partial charge on any atom is 0.387 e. The van der Waals surface area contributed by atoms with Gasteiger partial charge in [-0.1, -0.05) is 11.6 Å². The first kappa shape index (κ1) is 20.5. The monoisotopic (exact) mass is 424 g/mol. The summed E-state index contributed by atoms with van der Waals surface area (Å²) in [6.45, 7) is -1.41. The lowest BCUT2D eigenvalue weighted by molar-refractivity contribution is -0.0514. The number of alkyl halides is 2. The molecule has 1 aromatic heterocycles. The topological polar surface area (TPSA) is 83.7 Å². The predicted octanol–water partition coefficient (Wildman–Crippen LogP) is 4.75. The number of rotatable bonds is 8. The molecular formula is C19H15ClF2N2O5. The van der Waals surface area contributed by atoms with Crippen LogP contribution in [0.5, 0.6) is 11.5 Å². The van der Waals surface area contributed by atoms with Gasteiger partial charge < -0.3 is 18.6 Å². The summed E-state index contributed by atoms with van der Waals surface area (Å²) in [7, 11) is 0. The zero-order valence-corrected chi connectivity index (χ0v) is 15.9. The largest absolute Gasteiger partial charge is 0.490 e. The lowest BCUT2D eigenvalue weighted by Crippen LogP contribution is -2.08. The number of hydrogen-bond acceptors (Lipinski definition) is 7. The Morgan fingerprint density at radius 3 is 2.59 bits per heavy atom. The number of benzene rings is 2. The summed E-state index contributed by atoms with van der Waals surface area (Å²) >= 11 is 5.83. The SMILES string of the molecule is CCOc1cc(C(=O)OCc2nnc(-c3ccc(Cl)cc3)o2)ccc1OC(F)F. The average Bonchev–Trinajstić information content (AvgIpc) is 3.17. The molecule has 0 saturated heterocycles. The first-order valence-corrected chi connectivity index (χ1v) is 8.81. The third kappa shape index (κ3) is 5.41. The third-order valence-corrected chi connectivity index (χ3v) is 3.83. The van der Waals surface area contributed by atoms with Crippen LogP contribution < -0.4 is 9.47 Å². The van der Waals surface area contributed by atoms with E-state index in [1.165, 1.54) is 18.2 Å². The third-order valence-electron chi connectivity index (χ3n) is 3.58. The van der Waals surface area contributed by atoms with Crippen molar-refractivity contribution in [3.63, 3.8) is 0 Å². The Bertz CT molecular complexity index is 979. The van der Waals surface area contributed by atoms with Crippen LogP contribution in [0.2, 0.25) is 5.02 Å². The highest BCUT2D eigenvalue weighted by Gasteiger charge is 2.17. The number of esters is 1. The minimum Gasteiger partial charge on any atom is -0.490 e. The van der Waals surface area contributed by atoms with Crippen LogP contribution in [0.4, 0.5) is 8.78 Å². The lowest BCUT2D eigenvalue weighted by Gasteiger charge is -2.12. The van der Waals surface area contributed by atoms with E-state index in [9.17, 15) is 13.6 Å². The Kier molecular flexibility index (Phi) is 6.61. The van der Waals surface area contributed by atoms with E-state index in [-0.39, 0.29) is 42.1 Å². The molecule has 29 heavy (non-hydrogen) atoms. The molecule has 0 amide bonds. The van der Waals surface area contributed by atoms with Gasteiger partial charge in [-0.05, 0) is 49.4 Å². The maximum atomic E-state index is 12.5. The fourth-order valence-electron chi connectivity index (χ4n) is 2.33. The molecule has 0 spiro atoms. The number of nitrogens with zero attached hydrogens (tertiary/aromatic N) is 2. The Labute approximate surface area is 169 Å². The molecule has 2 aromatic carbocycles. The van der Waals surface area contributed by atoms with Gasteiger partial charge in [-0.2, -0.15) is 8.78 Å². The van der Waals surface area contributed by atoms with Gasteiger partial charge in [-0.25, -0.2) is 4.79 Å². The number of aromatic nitrogens is 2. The molecule has 0 aliphatic heterocycles. The van der Waals surface area contributed by atoms with Crippen molar-refractivity contribution in [1.82, 2.24) is 10.2 Å².